The first kappa shape index (κ1) is 20.3. The Labute approximate surface area is 174 Å². The van der Waals surface area contributed by atoms with Gasteiger partial charge in [0.1, 0.15) is 0 Å². The molecule has 1 fully saturated rings. The van der Waals surface area contributed by atoms with Crippen molar-refractivity contribution in [2.24, 2.45) is 0 Å². The lowest BCUT2D eigenvalue weighted by Crippen LogP contribution is -2.47. The summed E-state index contributed by atoms with van der Waals surface area (Å²) in [6.07, 6.45) is 5.64. The van der Waals surface area contributed by atoms with Crippen LogP contribution in [0.5, 0.6) is 0 Å². The van der Waals surface area contributed by atoms with Gasteiger partial charge in [-0.2, -0.15) is 0 Å². The van der Waals surface area contributed by atoms with E-state index in [2.05, 4.69) is 10.2 Å². The number of benzene rings is 1. The van der Waals surface area contributed by atoms with Crippen molar-refractivity contribution in [3.8, 4) is 0 Å². The predicted molar refractivity (Wildman–Crippen MR) is 114 cm³/mol. The number of anilines is 1. The van der Waals surface area contributed by atoms with Crippen LogP contribution in [0.3, 0.4) is 0 Å². The molecule has 0 radical (unpaired) electrons. The third kappa shape index (κ3) is 4.62. The summed E-state index contributed by atoms with van der Waals surface area (Å²) < 4.78 is 29.3. The fourth-order valence-corrected chi connectivity index (χ4v) is 3.89. The molecule has 2 aromatic heterocycles. The van der Waals surface area contributed by atoms with Gasteiger partial charge in [0.05, 0.1) is 11.3 Å². The Morgan fingerprint density at radius 1 is 1.00 bits per heavy atom. The lowest BCUT2D eigenvalue weighted by molar-refractivity contribution is 0.0952. The first-order chi connectivity index (χ1) is 14.6. The molecule has 1 aromatic carbocycles. The van der Waals surface area contributed by atoms with E-state index in [1.165, 1.54) is 0 Å². The van der Waals surface area contributed by atoms with E-state index in [1.807, 2.05) is 46.0 Å². The van der Waals surface area contributed by atoms with E-state index in [4.69, 9.17) is 0 Å². The number of unbranched alkanes of at least 4 members (excludes halogenated alkanes) is 1. The Bertz CT molecular complexity index is 978. The zero-order valence-electron chi connectivity index (χ0n) is 16.9. The maximum Gasteiger partial charge on any atom is 0.252 e. The second-order valence-corrected chi connectivity index (χ2v) is 7.63. The Morgan fingerprint density at radius 3 is 2.63 bits per heavy atom. The van der Waals surface area contributed by atoms with Crippen molar-refractivity contribution in [2.45, 2.75) is 12.8 Å². The van der Waals surface area contributed by atoms with E-state index in [0.29, 0.717) is 30.9 Å². The first-order valence-corrected chi connectivity index (χ1v) is 10.4. The van der Waals surface area contributed by atoms with Crippen molar-refractivity contribution >= 4 is 17.1 Å². The maximum atomic E-state index is 14.0. The Morgan fingerprint density at radius 2 is 1.83 bits per heavy atom. The second kappa shape index (κ2) is 9.26. The lowest BCUT2D eigenvalue weighted by Gasteiger charge is -2.36. The van der Waals surface area contributed by atoms with E-state index in [-0.39, 0.29) is 5.91 Å². The van der Waals surface area contributed by atoms with Crippen LogP contribution in [0, 0.1) is 11.6 Å². The van der Waals surface area contributed by atoms with Gasteiger partial charge < -0.3 is 14.6 Å². The van der Waals surface area contributed by atoms with Crippen molar-refractivity contribution in [3.63, 3.8) is 0 Å². The Balaban J connectivity index is 1.15. The Hall–Kier alpha value is -2.93. The maximum absolute atomic E-state index is 14.0. The van der Waals surface area contributed by atoms with Gasteiger partial charge in [0, 0.05) is 50.6 Å². The van der Waals surface area contributed by atoms with E-state index < -0.39 is 11.6 Å². The highest BCUT2D eigenvalue weighted by molar-refractivity contribution is 5.95. The third-order valence-electron chi connectivity index (χ3n) is 5.60. The van der Waals surface area contributed by atoms with E-state index >= 15 is 0 Å². The summed E-state index contributed by atoms with van der Waals surface area (Å²) in [5, 5.41) is 2.98. The number of nitrogens with zero attached hydrogens (tertiary/aromatic N) is 3. The van der Waals surface area contributed by atoms with E-state index in [0.717, 1.165) is 44.1 Å². The topological polar surface area (TPSA) is 40.0 Å². The van der Waals surface area contributed by atoms with E-state index in [1.54, 1.807) is 12.1 Å². The fourth-order valence-electron chi connectivity index (χ4n) is 3.89. The Kier molecular flexibility index (Phi) is 6.28. The number of hydrogen-bond donors (Lipinski definition) is 1. The minimum Gasteiger partial charge on any atom is -0.367 e. The highest BCUT2D eigenvalue weighted by atomic mass is 19.2. The van der Waals surface area contributed by atoms with Crippen LogP contribution >= 0.6 is 0 Å². The zero-order valence-corrected chi connectivity index (χ0v) is 16.9. The monoisotopic (exact) mass is 412 g/mol. The van der Waals surface area contributed by atoms with Gasteiger partial charge in [-0.25, -0.2) is 8.78 Å². The number of piperazine rings is 1. The molecule has 1 N–H and O–H groups in total. The van der Waals surface area contributed by atoms with Crippen LogP contribution < -0.4 is 10.2 Å². The van der Waals surface area contributed by atoms with Crippen molar-refractivity contribution in [1.82, 2.24) is 14.6 Å². The molecule has 7 heteroatoms. The molecule has 3 heterocycles. The number of pyridine rings is 1. The number of carbonyl (C=O) groups is 1. The summed E-state index contributed by atoms with van der Waals surface area (Å²) in [6, 6.07) is 12.1. The van der Waals surface area contributed by atoms with Crippen LogP contribution in [0.2, 0.25) is 0 Å². The van der Waals surface area contributed by atoms with Crippen LogP contribution in [0.15, 0.2) is 54.9 Å². The largest absolute Gasteiger partial charge is 0.367 e. The number of hydrogen-bond acceptors (Lipinski definition) is 3. The van der Waals surface area contributed by atoms with Crippen LogP contribution in [-0.4, -0.2) is 54.5 Å². The number of halogens is 2. The van der Waals surface area contributed by atoms with Crippen molar-refractivity contribution in [1.29, 1.82) is 0 Å². The molecule has 30 heavy (non-hydrogen) atoms. The first-order valence-electron chi connectivity index (χ1n) is 10.4. The molecule has 0 bridgehead atoms. The van der Waals surface area contributed by atoms with Gasteiger partial charge in [-0.05, 0) is 49.7 Å². The highest BCUT2D eigenvalue weighted by Crippen LogP contribution is 2.22. The molecule has 0 atom stereocenters. The highest BCUT2D eigenvalue weighted by Gasteiger charge is 2.20. The van der Waals surface area contributed by atoms with Gasteiger partial charge >= 0.3 is 0 Å². The van der Waals surface area contributed by atoms with Crippen LogP contribution in [0.4, 0.5) is 14.5 Å². The van der Waals surface area contributed by atoms with Gasteiger partial charge in [-0.15, -0.1) is 0 Å². The summed E-state index contributed by atoms with van der Waals surface area (Å²) in [5.74, 6) is -1.62. The zero-order chi connectivity index (χ0) is 20.9. The molecule has 4 rings (SSSR count). The molecule has 0 saturated carbocycles. The van der Waals surface area contributed by atoms with Crippen LogP contribution in [-0.2, 0) is 0 Å². The van der Waals surface area contributed by atoms with Crippen molar-refractivity contribution in [2.75, 3.05) is 44.2 Å². The average molecular weight is 412 g/mol. The number of amides is 1. The lowest BCUT2D eigenvalue weighted by atomic mass is 10.2. The predicted octanol–water partition coefficient (Wildman–Crippen LogP) is 3.55. The molecule has 5 nitrogen and oxygen atoms in total. The van der Waals surface area contributed by atoms with Gasteiger partial charge in [-0.1, -0.05) is 12.1 Å². The van der Waals surface area contributed by atoms with Crippen LogP contribution in [0.1, 0.15) is 23.2 Å². The van der Waals surface area contributed by atoms with Gasteiger partial charge in [-0.3, -0.25) is 9.69 Å². The van der Waals surface area contributed by atoms with Gasteiger partial charge in [0.25, 0.3) is 5.91 Å². The summed E-state index contributed by atoms with van der Waals surface area (Å²) in [5.41, 5.74) is 2.01. The smallest absolute Gasteiger partial charge is 0.252 e. The summed E-state index contributed by atoms with van der Waals surface area (Å²) >= 11 is 0. The average Bonchev–Trinajstić information content (AvgIpc) is 3.20. The second-order valence-electron chi connectivity index (χ2n) is 7.63. The molecule has 1 saturated heterocycles. The molecule has 0 spiro atoms. The quantitative estimate of drug-likeness (QED) is 0.604. The molecule has 1 amide bonds. The minimum atomic E-state index is -0.801. The number of rotatable bonds is 7. The van der Waals surface area contributed by atoms with Crippen LogP contribution in [0.25, 0.3) is 5.52 Å². The summed E-state index contributed by atoms with van der Waals surface area (Å²) in [6.45, 7) is 4.57. The SMILES string of the molecule is O=C(NCCCCN1CCN(c2cccc(F)c2F)CC1)c1cc2ccccn2c1. The molecule has 0 aliphatic carbocycles. The molecular weight excluding hydrogens is 386 g/mol. The number of fused-ring (bicyclic) bond motifs is 1. The number of aromatic nitrogens is 1. The van der Waals surface area contributed by atoms with E-state index in [9.17, 15) is 13.6 Å². The number of nitrogens with one attached hydrogen (secondary N) is 1. The fraction of sp³-hybridized carbons (Fsp3) is 0.348. The third-order valence-corrected chi connectivity index (χ3v) is 5.60. The normalized spacial score (nSPS) is 14.9. The molecule has 3 aromatic rings. The van der Waals surface area contributed by atoms with Gasteiger partial charge in [0.2, 0.25) is 0 Å². The molecule has 1 aliphatic rings. The standard InChI is InChI=1S/C23H26F2N4O/c24-20-7-5-8-21(22(20)25)28-14-12-27(13-15-28)10-4-2-9-26-23(30)18-16-19-6-1-3-11-29(19)17-18/h1,3,5-8,11,16-17H,2,4,9-10,12-15H2,(H,26,30). The minimum absolute atomic E-state index is 0.0514. The van der Waals surface area contributed by atoms with Gasteiger partial charge in [0.15, 0.2) is 11.6 Å². The summed E-state index contributed by atoms with van der Waals surface area (Å²) in [4.78, 5) is 16.5. The molecular formula is C23H26F2N4O. The molecule has 0 unspecified atom stereocenters. The van der Waals surface area contributed by atoms with Crippen molar-refractivity contribution < 1.29 is 13.6 Å². The number of carbonyl (C=O) groups excluding carboxylic acids is 1. The molecule has 158 valence electrons. The summed E-state index contributed by atoms with van der Waals surface area (Å²) in [7, 11) is 0. The van der Waals surface area contributed by atoms with Crippen molar-refractivity contribution in [3.05, 3.63) is 72.1 Å². The molecule has 1 aliphatic heterocycles.